The Morgan fingerprint density at radius 1 is 1.04 bits per heavy atom. The van der Waals surface area contributed by atoms with Crippen molar-refractivity contribution in [3.8, 4) is 5.69 Å². The molecule has 0 unspecified atom stereocenters. The van der Waals surface area contributed by atoms with Crippen LogP contribution in [0.15, 0.2) is 53.7 Å². The lowest BCUT2D eigenvalue weighted by Crippen LogP contribution is -2.29. The van der Waals surface area contributed by atoms with Crippen LogP contribution >= 0.6 is 0 Å². The van der Waals surface area contributed by atoms with Crippen LogP contribution in [0.4, 0.5) is 0 Å². The second-order valence-electron chi connectivity index (χ2n) is 7.32. The fourth-order valence-corrected chi connectivity index (χ4v) is 3.76. The van der Waals surface area contributed by atoms with E-state index in [4.69, 9.17) is 4.99 Å². The molecule has 28 heavy (non-hydrogen) atoms. The van der Waals surface area contributed by atoms with Crippen molar-refractivity contribution in [3.63, 3.8) is 0 Å². The van der Waals surface area contributed by atoms with Crippen molar-refractivity contribution in [2.24, 2.45) is 4.99 Å². The van der Waals surface area contributed by atoms with Gasteiger partial charge in [-0.1, -0.05) is 25.3 Å². The third-order valence-corrected chi connectivity index (χ3v) is 5.18. The third-order valence-electron chi connectivity index (χ3n) is 5.18. The summed E-state index contributed by atoms with van der Waals surface area (Å²) in [4.78, 5) is 22.3. The van der Waals surface area contributed by atoms with E-state index in [0.29, 0.717) is 11.6 Å². The summed E-state index contributed by atoms with van der Waals surface area (Å²) in [6, 6.07) is 13.5. The van der Waals surface area contributed by atoms with Gasteiger partial charge in [-0.15, -0.1) is 0 Å². The fourth-order valence-electron chi connectivity index (χ4n) is 3.76. The highest BCUT2D eigenvalue weighted by Gasteiger charge is 2.14. The number of hydrogen-bond acceptors (Lipinski definition) is 4. The van der Waals surface area contributed by atoms with Crippen LogP contribution in [0.3, 0.4) is 0 Å². The van der Waals surface area contributed by atoms with E-state index in [9.17, 15) is 4.79 Å². The maximum atomic E-state index is 13.1. The van der Waals surface area contributed by atoms with Gasteiger partial charge in [-0.3, -0.25) is 14.4 Å². The first-order valence-corrected chi connectivity index (χ1v) is 9.89. The molecular weight excluding hydrogens is 350 g/mol. The van der Waals surface area contributed by atoms with Crippen molar-refractivity contribution in [2.75, 3.05) is 0 Å². The molecule has 0 atom stereocenters. The molecule has 1 aromatic carbocycles. The maximum Gasteiger partial charge on any atom is 0.263 e. The van der Waals surface area contributed by atoms with Crippen molar-refractivity contribution in [1.82, 2.24) is 19.3 Å². The molecule has 6 heteroatoms. The number of rotatable bonds is 3. The maximum absolute atomic E-state index is 13.1. The number of carbonyl (C=O) groups is 1. The van der Waals surface area contributed by atoms with Crippen LogP contribution < -0.4 is 5.49 Å². The van der Waals surface area contributed by atoms with Gasteiger partial charge >= 0.3 is 0 Å². The zero-order valence-corrected chi connectivity index (χ0v) is 16.4. The summed E-state index contributed by atoms with van der Waals surface area (Å²) in [7, 11) is 0. The van der Waals surface area contributed by atoms with Gasteiger partial charge in [0.1, 0.15) is 17.1 Å². The highest BCUT2D eigenvalue weighted by molar-refractivity contribution is 5.95. The number of pyridine rings is 1. The Balaban J connectivity index is 1.63. The molecule has 0 radical (unpaired) electrons. The predicted molar refractivity (Wildman–Crippen MR) is 107 cm³/mol. The van der Waals surface area contributed by atoms with E-state index >= 15 is 0 Å². The first-order chi connectivity index (χ1) is 13.6. The number of aromatic nitrogens is 4. The third kappa shape index (κ3) is 3.81. The molecule has 2 heterocycles. The van der Waals surface area contributed by atoms with Crippen LogP contribution in [-0.4, -0.2) is 31.3 Å². The monoisotopic (exact) mass is 375 g/mol. The Bertz CT molecular complexity index is 1040. The van der Waals surface area contributed by atoms with Crippen LogP contribution in [0.2, 0.25) is 0 Å². The van der Waals surface area contributed by atoms with Gasteiger partial charge in [-0.05, 0) is 63.1 Å². The molecular formula is C22H25N5O. The molecule has 144 valence electrons. The molecule has 0 N–H and O–H groups in total. The van der Waals surface area contributed by atoms with Crippen LogP contribution in [-0.2, 0) is 0 Å². The minimum atomic E-state index is -0.0757. The lowest BCUT2D eigenvalue weighted by Gasteiger charge is -2.17. The van der Waals surface area contributed by atoms with Gasteiger partial charge in [0.25, 0.3) is 5.91 Å². The summed E-state index contributed by atoms with van der Waals surface area (Å²) < 4.78 is 3.43. The first-order valence-electron chi connectivity index (χ1n) is 9.89. The Morgan fingerprint density at radius 2 is 1.79 bits per heavy atom. The lowest BCUT2D eigenvalue weighted by atomic mass is 9.96. The molecule has 1 saturated carbocycles. The van der Waals surface area contributed by atoms with E-state index in [-0.39, 0.29) is 5.91 Å². The molecule has 1 aliphatic carbocycles. The van der Waals surface area contributed by atoms with E-state index in [1.54, 1.807) is 15.4 Å². The highest BCUT2D eigenvalue weighted by Crippen LogP contribution is 2.19. The predicted octanol–water partition coefficient (Wildman–Crippen LogP) is 3.61. The van der Waals surface area contributed by atoms with Crippen molar-refractivity contribution in [1.29, 1.82) is 0 Å². The van der Waals surface area contributed by atoms with Gasteiger partial charge < -0.3 is 0 Å². The average Bonchev–Trinajstić information content (AvgIpc) is 3.07. The molecule has 6 nitrogen and oxygen atoms in total. The van der Waals surface area contributed by atoms with E-state index in [2.05, 4.69) is 10.1 Å². The van der Waals surface area contributed by atoms with Crippen LogP contribution in [0, 0.1) is 13.8 Å². The summed E-state index contributed by atoms with van der Waals surface area (Å²) in [6.07, 6.45) is 7.73. The van der Waals surface area contributed by atoms with Crippen LogP contribution in [0.5, 0.6) is 0 Å². The molecule has 4 rings (SSSR count). The minimum absolute atomic E-state index is 0.0757. The summed E-state index contributed by atoms with van der Waals surface area (Å²) in [5.41, 5.74) is 2.24. The highest BCUT2D eigenvalue weighted by atomic mass is 16.2. The second-order valence-corrected chi connectivity index (χ2v) is 7.32. The van der Waals surface area contributed by atoms with Gasteiger partial charge in [0.2, 0.25) is 0 Å². The van der Waals surface area contributed by atoms with Gasteiger partial charge in [0, 0.05) is 11.8 Å². The van der Waals surface area contributed by atoms with Crippen molar-refractivity contribution in [2.45, 2.75) is 52.0 Å². The molecule has 1 fully saturated rings. The van der Waals surface area contributed by atoms with Crippen LogP contribution in [0.1, 0.15) is 54.1 Å². The fraction of sp³-hybridized carbons (Fsp3) is 0.364. The zero-order chi connectivity index (χ0) is 19.5. The minimum Gasteiger partial charge on any atom is -0.268 e. The SMILES string of the molecule is Cc1nc(C)n(-c2ccc(C(=O)n3ccccc3=NC3CCCCC3)cc2)n1. The first kappa shape index (κ1) is 18.3. The van der Waals surface area contributed by atoms with Gasteiger partial charge in [-0.25, -0.2) is 9.67 Å². The Morgan fingerprint density at radius 3 is 2.46 bits per heavy atom. The molecule has 0 amide bonds. The number of benzene rings is 1. The van der Waals surface area contributed by atoms with Crippen molar-refractivity contribution < 1.29 is 4.79 Å². The van der Waals surface area contributed by atoms with E-state index in [1.165, 1.54) is 19.3 Å². The Kier molecular flexibility index (Phi) is 5.19. The summed E-state index contributed by atoms with van der Waals surface area (Å²) in [6.45, 7) is 3.78. The van der Waals surface area contributed by atoms with Crippen LogP contribution in [0.25, 0.3) is 5.69 Å². The molecule has 3 aromatic rings. The van der Waals surface area contributed by atoms with Gasteiger partial charge in [0.05, 0.1) is 11.7 Å². The Hall–Kier alpha value is -3.02. The number of hydrogen-bond donors (Lipinski definition) is 0. The summed E-state index contributed by atoms with van der Waals surface area (Å²) in [5.74, 6) is 1.47. The molecule has 0 bridgehead atoms. The summed E-state index contributed by atoms with van der Waals surface area (Å²) in [5, 5.41) is 4.39. The summed E-state index contributed by atoms with van der Waals surface area (Å²) >= 11 is 0. The molecule has 2 aromatic heterocycles. The number of aryl methyl sites for hydroxylation is 2. The quantitative estimate of drug-likeness (QED) is 0.702. The number of carbonyl (C=O) groups excluding carboxylic acids is 1. The van der Waals surface area contributed by atoms with Crippen molar-refractivity contribution in [3.05, 3.63) is 71.4 Å². The van der Waals surface area contributed by atoms with Gasteiger partial charge in [0.15, 0.2) is 0 Å². The Labute approximate surface area is 164 Å². The second kappa shape index (κ2) is 7.92. The van der Waals surface area contributed by atoms with E-state index in [0.717, 1.165) is 35.7 Å². The van der Waals surface area contributed by atoms with Crippen molar-refractivity contribution >= 4 is 5.91 Å². The van der Waals surface area contributed by atoms with E-state index in [1.807, 2.05) is 56.3 Å². The lowest BCUT2D eigenvalue weighted by molar-refractivity contribution is 0.0954. The van der Waals surface area contributed by atoms with E-state index < -0.39 is 0 Å². The average molecular weight is 375 g/mol. The zero-order valence-electron chi connectivity index (χ0n) is 16.4. The van der Waals surface area contributed by atoms with Gasteiger partial charge in [-0.2, -0.15) is 5.10 Å². The standard InChI is InChI=1S/C22H25N5O/c1-16-23-17(2)27(25-16)20-13-11-18(12-14-20)22(28)26-15-7-6-10-21(26)24-19-8-4-3-5-9-19/h6-7,10-15,19H,3-5,8-9H2,1-2H3. The topological polar surface area (TPSA) is 65.1 Å². The molecule has 1 aliphatic rings. The largest absolute Gasteiger partial charge is 0.268 e. The molecule has 0 aliphatic heterocycles. The molecule has 0 saturated heterocycles. The smallest absolute Gasteiger partial charge is 0.263 e. The molecule has 0 spiro atoms. The number of nitrogens with zero attached hydrogens (tertiary/aromatic N) is 5. The normalized spacial score (nSPS) is 15.7.